The molecular weight excluding hydrogens is 240 g/mol. The first-order valence-corrected chi connectivity index (χ1v) is 6.40. The van der Waals surface area contributed by atoms with Crippen LogP contribution in [0.2, 0.25) is 0 Å². The Bertz CT molecular complexity index is 533. The summed E-state index contributed by atoms with van der Waals surface area (Å²) in [5.41, 5.74) is 1.00. The average molecular weight is 256 g/mol. The van der Waals surface area contributed by atoms with Gasteiger partial charge in [0.1, 0.15) is 18.2 Å². The number of anilines is 1. The van der Waals surface area contributed by atoms with E-state index in [1.807, 2.05) is 29.1 Å². The molecule has 5 heteroatoms. The Morgan fingerprint density at radius 2 is 2.42 bits per heavy atom. The average Bonchev–Trinajstić information content (AvgIpc) is 3.01. The summed E-state index contributed by atoms with van der Waals surface area (Å²) in [5.74, 6) is 0.861. The van der Waals surface area contributed by atoms with Crippen molar-refractivity contribution in [2.24, 2.45) is 0 Å². The summed E-state index contributed by atoms with van der Waals surface area (Å²) in [6, 6.07) is 3.98. The molecule has 1 unspecified atom stereocenters. The molecule has 0 spiro atoms. The van der Waals surface area contributed by atoms with E-state index in [-0.39, 0.29) is 6.10 Å². The normalized spacial score (nSPS) is 18.0. The molecule has 0 saturated heterocycles. The van der Waals surface area contributed by atoms with E-state index in [0.717, 1.165) is 30.9 Å². The maximum absolute atomic E-state index is 5.51. The van der Waals surface area contributed by atoms with Gasteiger partial charge in [0.2, 0.25) is 0 Å². The van der Waals surface area contributed by atoms with Crippen molar-refractivity contribution in [2.45, 2.75) is 18.9 Å². The van der Waals surface area contributed by atoms with E-state index >= 15 is 0 Å². The zero-order valence-electron chi connectivity index (χ0n) is 10.6. The number of hydrogen-bond donors (Lipinski definition) is 1. The summed E-state index contributed by atoms with van der Waals surface area (Å²) in [4.78, 5) is 8.39. The van der Waals surface area contributed by atoms with Crippen molar-refractivity contribution >= 4 is 5.69 Å². The quantitative estimate of drug-likeness (QED) is 0.912. The Morgan fingerprint density at radius 1 is 1.42 bits per heavy atom. The summed E-state index contributed by atoms with van der Waals surface area (Å²) in [7, 11) is 0. The standard InChI is InChI=1S/C14H16N4O/c1-2-8-19-13(3-1)10-16-12-4-5-14(17-9-12)18-7-6-15-11-18/h2,4-9,11,13,16H,1,3,10H2. The van der Waals surface area contributed by atoms with Crippen molar-refractivity contribution in [3.63, 3.8) is 0 Å². The van der Waals surface area contributed by atoms with Crippen molar-refractivity contribution in [3.05, 3.63) is 49.4 Å². The second-order valence-corrected chi connectivity index (χ2v) is 4.46. The van der Waals surface area contributed by atoms with Gasteiger partial charge in [0.05, 0.1) is 24.7 Å². The summed E-state index contributed by atoms with van der Waals surface area (Å²) >= 11 is 0. The number of hydrogen-bond acceptors (Lipinski definition) is 4. The van der Waals surface area contributed by atoms with Gasteiger partial charge in [0.25, 0.3) is 0 Å². The number of nitrogens with zero attached hydrogens (tertiary/aromatic N) is 3. The second kappa shape index (κ2) is 5.56. The number of allylic oxidation sites excluding steroid dienone is 1. The first-order valence-electron chi connectivity index (χ1n) is 6.40. The molecule has 2 aromatic heterocycles. The van der Waals surface area contributed by atoms with Gasteiger partial charge in [-0.2, -0.15) is 0 Å². The minimum Gasteiger partial charge on any atom is -0.497 e. The van der Waals surface area contributed by atoms with Crippen molar-refractivity contribution < 1.29 is 4.74 Å². The topological polar surface area (TPSA) is 52.0 Å². The number of ether oxygens (including phenoxy) is 1. The van der Waals surface area contributed by atoms with Crippen LogP contribution in [0.25, 0.3) is 5.82 Å². The second-order valence-electron chi connectivity index (χ2n) is 4.46. The molecular formula is C14H16N4O. The summed E-state index contributed by atoms with van der Waals surface area (Å²) < 4.78 is 7.38. The number of pyridine rings is 1. The molecule has 3 rings (SSSR count). The summed E-state index contributed by atoms with van der Waals surface area (Å²) in [5, 5.41) is 3.34. The van der Waals surface area contributed by atoms with Crippen LogP contribution in [0.1, 0.15) is 12.8 Å². The van der Waals surface area contributed by atoms with Crippen molar-refractivity contribution in [1.82, 2.24) is 14.5 Å². The fraction of sp³-hybridized carbons (Fsp3) is 0.286. The van der Waals surface area contributed by atoms with E-state index in [9.17, 15) is 0 Å². The van der Waals surface area contributed by atoms with Crippen LogP contribution < -0.4 is 5.32 Å². The van der Waals surface area contributed by atoms with E-state index in [4.69, 9.17) is 4.74 Å². The van der Waals surface area contributed by atoms with Crippen molar-refractivity contribution in [1.29, 1.82) is 0 Å². The van der Waals surface area contributed by atoms with Crippen LogP contribution >= 0.6 is 0 Å². The Labute approximate surface area is 112 Å². The molecule has 98 valence electrons. The van der Waals surface area contributed by atoms with Crippen LogP contribution in [-0.2, 0) is 4.74 Å². The first kappa shape index (κ1) is 11.8. The highest BCUT2D eigenvalue weighted by atomic mass is 16.5. The Morgan fingerprint density at radius 3 is 3.11 bits per heavy atom. The third kappa shape index (κ3) is 2.93. The highest BCUT2D eigenvalue weighted by Gasteiger charge is 2.10. The molecule has 1 atom stereocenters. The third-order valence-electron chi connectivity index (χ3n) is 3.07. The number of imidazole rings is 1. The van der Waals surface area contributed by atoms with Crippen LogP contribution in [-0.4, -0.2) is 27.2 Å². The maximum Gasteiger partial charge on any atom is 0.137 e. The number of rotatable bonds is 4. The van der Waals surface area contributed by atoms with E-state index in [2.05, 4.69) is 21.4 Å². The van der Waals surface area contributed by atoms with E-state index in [0.29, 0.717) is 0 Å². The van der Waals surface area contributed by atoms with Gasteiger partial charge in [-0.15, -0.1) is 0 Å². The Kier molecular flexibility index (Phi) is 3.45. The van der Waals surface area contributed by atoms with Gasteiger partial charge in [-0.1, -0.05) is 0 Å². The molecule has 5 nitrogen and oxygen atoms in total. The van der Waals surface area contributed by atoms with Crippen molar-refractivity contribution in [3.8, 4) is 5.82 Å². The predicted octanol–water partition coefficient (Wildman–Crippen LogP) is 2.37. The van der Waals surface area contributed by atoms with Crippen LogP contribution in [0.4, 0.5) is 5.69 Å². The highest BCUT2D eigenvalue weighted by Crippen LogP contribution is 2.13. The predicted molar refractivity (Wildman–Crippen MR) is 73.1 cm³/mol. The SMILES string of the molecule is C1=COC(CNc2ccc(-n3ccnc3)nc2)CC1. The number of nitrogens with one attached hydrogen (secondary N) is 1. The minimum absolute atomic E-state index is 0.248. The van der Waals surface area contributed by atoms with Crippen LogP contribution in [0.5, 0.6) is 0 Å². The molecule has 1 aliphatic heterocycles. The Hall–Kier alpha value is -2.30. The molecule has 19 heavy (non-hydrogen) atoms. The zero-order chi connectivity index (χ0) is 12.9. The Balaban J connectivity index is 1.58. The molecule has 0 aliphatic carbocycles. The lowest BCUT2D eigenvalue weighted by Crippen LogP contribution is -2.23. The van der Waals surface area contributed by atoms with Gasteiger partial charge in [-0.05, 0) is 31.1 Å². The maximum atomic E-state index is 5.51. The van der Waals surface area contributed by atoms with E-state index in [1.54, 1.807) is 18.8 Å². The van der Waals surface area contributed by atoms with Gasteiger partial charge in [-0.25, -0.2) is 9.97 Å². The number of aromatic nitrogens is 3. The van der Waals surface area contributed by atoms with E-state index < -0.39 is 0 Å². The van der Waals surface area contributed by atoms with Gasteiger partial charge in [0.15, 0.2) is 0 Å². The molecule has 3 heterocycles. The molecule has 0 bridgehead atoms. The third-order valence-corrected chi connectivity index (χ3v) is 3.07. The smallest absolute Gasteiger partial charge is 0.137 e. The molecule has 1 aliphatic rings. The van der Waals surface area contributed by atoms with Crippen LogP contribution in [0, 0.1) is 0 Å². The largest absolute Gasteiger partial charge is 0.497 e. The minimum atomic E-state index is 0.248. The van der Waals surface area contributed by atoms with Gasteiger partial charge in [0, 0.05) is 12.4 Å². The lowest BCUT2D eigenvalue weighted by atomic mass is 10.1. The van der Waals surface area contributed by atoms with Crippen molar-refractivity contribution in [2.75, 3.05) is 11.9 Å². The summed E-state index contributed by atoms with van der Waals surface area (Å²) in [6.45, 7) is 0.802. The molecule has 0 radical (unpaired) electrons. The monoisotopic (exact) mass is 256 g/mol. The zero-order valence-corrected chi connectivity index (χ0v) is 10.6. The molecule has 0 fully saturated rings. The molecule has 2 aromatic rings. The highest BCUT2D eigenvalue weighted by molar-refractivity contribution is 5.43. The fourth-order valence-electron chi connectivity index (χ4n) is 2.00. The van der Waals surface area contributed by atoms with Gasteiger partial charge < -0.3 is 10.1 Å². The molecule has 0 saturated carbocycles. The van der Waals surface area contributed by atoms with Crippen LogP contribution in [0.3, 0.4) is 0 Å². The molecule has 0 amide bonds. The lowest BCUT2D eigenvalue weighted by Gasteiger charge is -2.20. The van der Waals surface area contributed by atoms with Gasteiger partial charge >= 0.3 is 0 Å². The van der Waals surface area contributed by atoms with E-state index in [1.165, 1.54) is 0 Å². The van der Waals surface area contributed by atoms with Crippen LogP contribution in [0.15, 0.2) is 49.4 Å². The lowest BCUT2D eigenvalue weighted by molar-refractivity contribution is 0.135. The fourth-order valence-corrected chi connectivity index (χ4v) is 2.00. The first-order chi connectivity index (χ1) is 9.42. The van der Waals surface area contributed by atoms with Gasteiger partial charge in [-0.3, -0.25) is 4.57 Å². The molecule has 0 aromatic carbocycles. The molecule has 1 N–H and O–H groups in total. The summed E-state index contributed by atoms with van der Waals surface area (Å²) in [6.07, 6.45) is 13.4.